The van der Waals surface area contributed by atoms with Gasteiger partial charge in [0.05, 0.1) is 18.3 Å². The third kappa shape index (κ3) is 3.81. The van der Waals surface area contributed by atoms with Crippen LogP contribution in [0, 0.1) is 0 Å². The van der Waals surface area contributed by atoms with Crippen LogP contribution in [0.3, 0.4) is 0 Å². The fraction of sp³-hybridized carbons (Fsp3) is 1.00. The van der Waals surface area contributed by atoms with Crippen molar-refractivity contribution in [2.24, 2.45) is 0 Å². The molecule has 1 aliphatic heterocycles. The van der Waals surface area contributed by atoms with Gasteiger partial charge in [-0.05, 0) is 13.3 Å². The Morgan fingerprint density at radius 1 is 1.62 bits per heavy atom. The molecule has 0 bridgehead atoms. The zero-order chi connectivity index (χ0) is 9.03. The number of morpholine rings is 1. The van der Waals surface area contributed by atoms with Gasteiger partial charge in [0.25, 0.3) is 0 Å². The maximum absolute atomic E-state index is 9.97. The SMILES string of the molecule is CCCC(C)(O)C1CNCCO1.Cl. The molecule has 1 rings (SSSR count). The molecule has 13 heavy (non-hydrogen) atoms. The summed E-state index contributed by atoms with van der Waals surface area (Å²) in [6, 6.07) is 0. The molecule has 1 saturated heterocycles. The van der Waals surface area contributed by atoms with Crippen LogP contribution in [0.15, 0.2) is 0 Å². The summed E-state index contributed by atoms with van der Waals surface area (Å²) in [5.74, 6) is 0. The molecule has 2 N–H and O–H groups in total. The third-order valence-electron chi connectivity index (χ3n) is 2.38. The van der Waals surface area contributed by atoms with Gasteiger partial charge in [-0.2, -0.15) is 0 Å². The maximum Gasteiger partial charge on any atom is 0.0983 e. The topological polar surface area (TPSA) is 41.5 Å². The Bertz CT molecular complexity index is 136. The third-order valence-corrected chi connectivity index (χ3v) is 2.38. The molecule has 0 aromatic rings. The van der Waals surface area contributed by atoms with E-state index in [-0.39, 0.29) is 18.5 Å². The van der Waals surface area contributed by atoms with Crippen LogP contribution in [0.2, 0.25) is 0 Å². The second-order valence-electron chi connectivity index (χ2n) is 3.67. The highest BCUT2D eigenvalue weighted by Crippen LogP contribution is 2.20. The van der Waals surface area contributed by atoms with Gasteiger partial charge in [-0.15, -0.1) is 12.4 Å². The minimum atomic E-state index is -0.665. The van der Waals surface area contributed by atoms with Gasteiger partial charge in [0, 0.05) is 13.1 Å². The lowest BCUT2D eigenvalue weighted by atomic mass is 9.93. The van der Waals surface area contributed by atoms with E-state index < -0.39 is 5.60 Å². The van der Waals surface area contributed by atoms with Crippen molar-refractivity contribution >= 4 is 12.4 Å². The number of hydrogen-bond acceptors (Lipinski definition) is 3. The van der Waals surface area contributed by atoms with Crippen LogP contribution in [0.5, 0.6) is 0 Å². The van der Waals surface area contributed by atoms with Crippen LogP contribution in [0.1, 0.15) is 26.7 Å². The van der Waals surface area contributed by atoms with Crippen LogP contribution in [0.25, 0.3) is 0 Å². The van der Waals surface area contributed by atoms with Gasteiger partial charge in [0.1, 0.15) is 0 Å². The fourth-order valence-corrected chi connectivity index (χ4v) is 1.63. The van der Waals surface area contributed by atoms with Gasteiger partial charge >= 0.3 is 0 Å². The summed E-state index contributed by atoms with van der Waals surface area (Å²) in [4.78, 5) is 0. The predicted octanol–water partition coefficient (Wildman–Crippen LogP) is 0.948. The summed E-state index contributed by atoms with van der Waals surface area (Å²) in [6.07, 6.45) is 1.76. The molecular formula is C9H20ClNO2. The van der Waals surface area contributed by atoms with Gasteiger partial charge < -0.3 is 15.2 Å². The molecule has 1 fully saturated rings. The fourth-order valence-electron chi connectivity index (χ4n) is 1.63. The van der Waals surface area contributed by atoms with E-state index in [9.17, 15) is 5.11 Å². The predicted molar refractivity (Wildman–Crippen MR) is 55.4 cm³/mol. The Morgan fingerprint density at radius 2 is 2.31 bits per heavy atom. The average molecular weight is 210 g/mol. The van der Waals surface area contributed by atoms with Crippen molar-refractivity contribution in [3.63, 3.8) is 0 Å². The van der Waals surface area contributed by atoms with Crippen molar-refractivity contribution in [2.45, 2.75) is 38.4 Å². The lowest BCUT2D eigenvalue weighted by Crippen LogP contribution is -2.51. The first-order chi connectivity index (χ1) is 5.67. The molecule has 0 radical (unpaired) electrons. The standard InChI is InChI=1S/C9H19NO2.ClH/c1-3-4-9(2,11)8-7-10-5-6-12-8;/h8,10-11H,3-7H2,1-2H3;1H. The van der Waals surface area contributed by atoms with Crippen molar-refractivity contribution in [3.8, 4) is 0 Å². The van der Waals surface area contributed by atoms with E-state index in [0.717, 1.165) is 25.9 Å². The molecule has 2 unspecified atom stereocenters. The first-order valence-corrected chi connectivity index (χ1v) is 4.71. The first-order valence-electron chi connectivity index (χ1n) is 4.71. The van der Waals surface area contributed by atoms with Crippen LogP contribution >= 0.6 is 12.4 Å². The summed E-state index contributed by atoms with van der Waals surface area (Å²) in [6.45, 7) is 6.31. The van der Waals surface area contributed by atoms with E-state index >= 15 is 0 Å². The summed E-state index contributed by atoms with van der Waals surface area (Å²) in [5.41, 5.74) is -0.665. The van der Waals surface area contributed by atoms with Crippen molar-refractivity contribution in [3.05, 3.63) is 0 Å². The molecule has 0 aliphatic carbocycles. The van der Waals surface area contributed by atoms with Crippen LogP contribution in [-0.4, -0.2) is 36.5 Å². The molecule has 1 heterocycles. The van der Waals surface area contributed by atoms with Gasteiger partial charge in [0.2, 0.25) is 0 Å². The van der Waals surface area contributed by atoms with Gasteiger partial charge in [-0.25, -0.2) is 0 Å². The Balaban J connectivity index is 0.00000144. The van der Waals surface area contributed by atoms with E-state index in [4.69, 9.17) is 4.74 Å². The highest BCUT2D eigenvalue weighted by molar-refractivity contribution is 5.85. The Hall–Kier alpha value is 0.170. The van der Waals surface area contributed by atoms with Gasteiger partial charge in [-0.3, -0.25) is 0 Å². The number of halogens is 1. The molecule has 4 heteroatoms. The average Bonchev–Trinajstić information content (AvgIpc) is 2.06. The molecule has 3 nitrogen and oxygen atoms in total. The van der Waals surface area contributed by atoms with E-state index in [1.54, 1.807) is 0 Å². The zero-order valence-corrected chi connectivity index (χ0v) is 9.19. The van der Waals surface area contributed by atoms with Gasteiger partial charge in [-0.1, -0.05) is 13.3 Å². The van der Waals surface area contributed by atoms with E-state index in [1.165, 1.54) is 0 Å². The summed E-state index contributed by atoms with van der Waals surface area (Å²) < 4.78 is 5.48. The molecule has 0 saturated carbocycles. The molecule has 0 aromatic carbocycles. The molecular weight excluding hydrogens is 190 g/mol. The molecule has 0 spiro atoms. The van der Waals surface area contributed by atoms with Crippen molar-refractivity contribution in [1.29, 1.82) is 0 Å². The number of aliphatic hydroxyl groups is 1. The Morgan fingerprint density at radius 3 is 2.77 bits per heavy atom. The second kappa shape index (κ2) is 5.81. The largest absolute Gasteiger partial charge is 0.387 e. The van der Waals surface area contributed by atoms with Crippen LogP contribution in [0.4, 0.5) is 0 Å². The normalized spacial score (nSPS) is 27.5. The summed E-state index contributed by atoms with van der Waals surface area (Å²) in [7, 11) is 0. The smallest absolute Gasteiger partial charge is 0.0983 e. The molecule has 0 aromatic heterocycles. The summed E-state index contributed by atoms with van der Waals surface area (Å²) in [5, 5.41) is 13.2. The number of ether oxygens (including phenoxy) is 1. The quantitative estimate of drug-likeness (QED) is 0.728. The highest BCUT2D eigenvalue weighted by atomic mass is 35.5. The Labute approximate surface area is 86.3 Å². The molecule has 80 valence electrons. The number of rotatable bonds is 3. The Kier molecular flexibility index (Phi) is 5.88. The monoisotopic (exact) mass is 209 g/mol. The lowest BCUT2D eigenvalue weighted by molar-refractivity contribution is -0.113. The van der Waals surface area contributed by atoms with E-state index in [0.29, 0.717) is 6.61 Å². The lowest BCUT2D eigenvalue weighted by Gasteiger charge is -2.35. The molecule has 1 aliphatic rings. The minimum Gasteiger partial charge on any atom is -0.387 e. The first kappa shape index (κ1) is 13.2. The highest BCUT2D eigenvalue weighted by Gasteiger charge is 2.32. The van der Waals surface area contributed by atoms with Crippen molar-refractivity contribution in [2.75, 3.05) is 19.7 Å². The van der Waals surface area contributed by atoms with E-state index in [2.05, 4.69) is 12.2 Å². The molecule has 2 atom stereocenters. The maximum atomic E-state index is 9.97. The molecule has 0 amide bonds. The zero-order valence-electron chi connectivity index (χ0n) is 8.38. The van der Waals surface area contributed by atoms with Crippen LogP contribution in [-0.2, 0) is 4.74 Å². The van der Waals surface area contributed by atoms with Crippen molar-refractivity contribution in [1.82, 2.24) is 5.32 Å². The van der Waals surface area contributed by atoms with Crippen molar-refractivity contribution < 1.29 is 9.84 Å². The second-order valence-corrected chi connectivity index (χ2v) is 3.67. The minimum absolute atomic E-state index is 0. The van der Waals surface area contributed by atoms with E-state index in [1.807, 2.05) is 6.92 Å². The summed E-state index contributed by atoms with van der Waals surface area (Å²) >= 11 is 0. The van der Waals surface area contributed by atoms with Crippen LogP contribution < -0.4 is 5.32 Å². The van der Waals surface area contributed by atoms with Gasteiger partial charge in [0.15, 0.2) is 0 Å². The number of hydrogen-bond donors (Lipinski definition) is 2. The number of nitrogens with one attached hydrogen (secondary N) is 1.